The quantitative estimate of drug-likeness (QED) is 0.714. The monoisotopic (exact) mass is 375 g/mol. The van der Waals surface area contributed by atoms with Gasteiger partial charge in [0.25, 0.3) is 0 Å². The zero-order chi connectivity index (χ0) is 19.3. The van der Waals surface area contributed by atoms with Crippen LogP contribution in [0, 0.1) is 5.92 Å². The molecule has 0 aliphatic carbocycles. The first-order valence-corrected chi connectivity index (χ1v) is 9.63. The number of aryl methyl sites for hydroxylation is 1. The van der Waals surface area contributed by atoms with Crippen LogP contribution in [0.1, 0.15) is 6.42 Å². The number of benzene rings is 2. The lowest BCUT2D eigenvalue weighted by atomic mass is 10.1. The number of nitrogens with one attached hydrogen (secondary N) is 2. The second kappa shape index (κ2) is 8.17. The molecule has 1 aromatic heterocycles. The molecule has 0 radical (unpaired) electrons. The second-order valence-corrected chi connectivity index (χ2v) is 7.20. The van der Waals surface area contributed by atoms with E-state index in [9.17, 15) is 4.79 Å². The highest BCUT2D eigenvalue weighted by atomic mass is 16.2. The average molecular weight is 375 g/mol. The van der Waals surface area contributed by atoms with Crippen molar-refractivity contribution in [3.63, 3.8) is 0 Å². The number of urea groups is 1. The third kappa shape index (κ3) is 4.17. The van der Waals surface area contributed by atoms with E-state index in [1.807, 2.05) is 49.6 Å². The number of carbonyl (C=O) groups is 1. The molecular formula is C22H25N5O. The predicted molar refractivity (Wildman–Crippen MR) is 112 cm³/mol. The number of para-hydroxylation sites is 1. The number of hydrogen-bond acceptors (Lipinski definition) is 3. The van der Waals surface area contributed by atoms with E-state index in [1.54, 1.807) is 4.68 Å². The van der Waals surface area contributed by atoms with Crippen LogP contribution in [0.2, 0.25) is 0 Å². The fraction of sp³-hybridized carbons (Fsp3) is 0.273. The molecule has 2 aromatic carbocycles. The first-order chi connectivity index (χ1) is 13.7. The van der Waals surface area contributed by atoms with Gasteiger partial charge < -0.3 is 10.2 Å². The highest BCUT2D eigenvalue weighted by Gasteiger charge is 2.23. The van der Waals surface area contributed by atoms with Crippen molar-refractivity contribution in [2.75, 3.05) is 29.9 Å². The van der Waals surface area contributed by atoms with Crippen LogP contribution in [0.15, 0.2) is 66.9 Å². The number of nitrogens with zero attached hydrogens (tertiary/aromatic N) is 3. The molecule has 2 N–H and O–H groups in total. The van der Waals surface area contributed by atoms with Gasteiger partial charge in [0.1, 0.15) is 0 Å². The van der Waals surface area contributed by atoms with Crippen molar-refractivity contribution < 1.29 is 4.79 Å². The molecule has 0 spiro atoms. The Hall–Kier alpha value is -3.28. The van der Waals surface area contributed by atoms with Crippen molar-refractivity contribution in [3.8, 4) is 11.1 Å². The van der Waals surface area contributed by atoms with Crippen LogP contribution in [0.3, 0.4) is 0 Å². The Morgan fingerprint density at radius 1 is 1.11 bits per heavy atom. The molecule has 28 heavy (non-hydrogen) atoms. The van der Waals surface area contributed by atoms with Crippen molar-refractivity contribution in [1.29, 1.82) is 0 Å². The van der Waals surface area contributed by atoms with Gasteiger partial charge in [-0.2, -0.15) is 5.10 Å². The smallest absolute Gasteiger partial charge is 0.320 e. The molecule has 6 heteroatoms. The van der Waals surface area contributed by atoms with Crippen LogP contribution in [0.4, 0.5) is 16.3 Å². The first kappa shape index (κ1) is 18.1. The van der Waals surface area contributed by atoms with Crippen LogP contribution in [-0.4, -0.2) is 35.4 Å². The summed E-state index contributed by atoms with van der Waals surface area (Å²) in [4.78, 5) is 14.8. The third-order valence-corrected chi connectivity index (χ3v) is 5.10. The van der Waals surface area contributed by atoms with Crippen LogP contribution in [-0.2, 0) is 7.05 Å². The maximum atomic E-state index is 12.4. The molecule has 2 amide bonds. The molecule has 1 unspecified atom stereocenters. The summed E-state index contributed by atoms with van der Waals surface area (Å²) >= 11 is 0. The maximum absolute atomic E-state index is 12.4. The molecule has 0 bridgehead atoms. The minimum absolute atomic E-state index is 0.214. The van der Waals surface area contributed by atoms with Crippen molar-refractivity contribution in [3.05, 3.63) is 66.9 Å². The van der Waals surface area contributed by atoms with Crippen molar-refractivity contribution in [2.24, 2.45) is 13.0 Å². The molecule has 6 nitrogen and oxygen atoms in total. The van der Waals surface area contributed by atoms with Gasteiger partial charge in [-0.1, -0.05) is 48.5 Å². The van der Waals surface area contributed by atoms with E-state index in [-0.39, 0.29) is 6.03 Å². The number of carbonyl (C=O) groups excluding carboxylic acids is 1. The van der Waals surface area contributed by atoms with Crippen molar-refractivity contribution in [2.45, 2.75) is 6.42 Å². The van der Waals surface area contributed by atoms with Gasteiger partial charge in [0.2, 0.25) is 0 Å². The molecule has 4 rings (SSSR count). The molecular weight excluding hydrogens is 350 g/mol. The zero-order valence-electron chi connectivity index (χ0n) is 16.0. The van der Waals surface area contributed by atoms with E-state index in [0.29, 0.717) is 18.3 Å². The molecule has 0 saturated carbocycles. The molecule has 1 aliphatic rings. The summed E-state index contributed by atoms with van der Waals surface area (Å²) in [6.45, 7) is 2.64. The van der Waals surface area contributed by atoms with E-state index in [0.717, 1.165) is 30.6 Å². The molecule has 2 heterocycles. The van der Waals surface area contributed by atoms with Crippen LogP contribution >= 0.6 is 0 Å². The Balaban J connectivity index is 1.32. The van der Waals surface area contributed by atoms with Gasteiger partial charge in [0, 0.05) is 44.1 Å². The van der Waals surface area contributed by atoms with Gasteiger partial charge in [-0.25, -0.2) is 4.79 Å². The Morgan fingerprint density at radius 2 is 1.82 bits per heavy atom. The van der Waals surface area contributed by atoms with Gasteiger partial charge >= 0.3 is 6.03 Å². The zero-order valence-corrected chi connectivity index (χ0v) is 16.0. The minimum atomic E-state index is -0.214. The Labute approximate surface area is 165 Å². The summed E-state index contributed by atoms with van der Waals surface area (Å²) in [6.07, 6.45) is 2.99. The highest BCUT2D eigenvalue weighted by molar-refractivity contribution is 5.92. The number of rotatable bonds is 5. The van der Waals surface area contributed by atoms with Crippen molar-refractivity contribution >= 4 is 17.5 Å². The first-order valence-electron chi connectivity index (χ1n) is 9.63. The lowest BCUT2D eigenvalue weighted by Gasteiger charge is -2.18. The number of hydrogen-bond donors (Lipinski definition) is 2. The van der Waals surface area contributed by atoms with Crippen LogP contribution < -0.4 is 15.5 Å². The van der Waals surface area contributed by atoms with E-state index >= 15 is 0 Å². The highest BCUT2D eigenvalue weighted by Crippen LogP contribution is 2.26. The van der Waals surface area contributed by atoms with E-state index in [1.165, 1.54) is 5.69 Å². The average Bonchev–Trinajstić information content (AvgIpc) is 3.34. The Kier molecular flexibility index (Phi) is 5.28. The predicted octanol–water partition coefficient (Wildman–Crippen LogP) is 3.74. The van der Waals surface area contributed by atoms with Gasteiger partial charge in [-0.3, -0.25) is 10.00 Å². The van der Waals surface area contributed by atoms with Crippen molar-refractivity contribution in [1.82, 2.24) is 15.1 Å². The summed E-state index contributed by atoms with van der Waals surface area (Å²) in [5.74, 6) is 1.02. The lowest BCUT2D eigenvalue weighted by Crippen LogP contribution is -2.34. The van der Waals surface area contributed by atoms with Gasteiger partial charge in [0.15, 0.2) is 5.82 Å². The minimum Gasteiger partial charge on any atom is -0.371 e. The fourth-order valence-electron chi connectivity index (χ4n) is 3.67. The van der Waals surface area contributed by atoms with Gasteiger partial charge in [-0.05, 0) is 30.0 Å². The van der Waals surface area contributed by atoms with E-state index in [4.69, 9.17) is 0 Å². The standard InChI is InChI=1S/C22H25N5O/c1-26-16-20(18-8-4-2-5-9-18)21(25-26)24-22(28)23-14-17-12-13-27(15-17)19-10-6-3-7-11-19/h2-11,16-17H,12-15H2,1H3,(H2,23,24,25,28). The topological polar surface area (TPSA) is 62.2 Å². The van der Waals surface area contributed by atoms with E-state index < -0.39 is 0 Å². The molecule has 1 saturated heterocycles. The number of anilines is 2. The number of aromatic nitrogens is 2. The summed E-state index contributed by atoms with van der Waals surface area (Å²) in [6, 6.07) is 20.2. The summed E-state index contributed by atoms with van der Waals surface area (Å²) in [5.41, 5.74) is 3.19. The fourth-order valence-corrected chi connectivity index (χ4v) is 3.67. The van der Waals surface area contributed by atoms with E-state index in [2.05, 4.69) is 44.9 Å². The molecule has 1 fully saturated rings. The van der Waals surface area contributed by atoms with Crippen LogP contribution in [0.5, 0.6) is 0 Å². The summed E-state index contributed by atoms with van der Waals surface area (Å²) in [5, 5.41) is 10.3. The molecule has 3 aromatic rings. The van der Waals surface area contributed by atoms with Gasteiger partial charge in [-0.15, -0.1) is 0 Å². The van der Waals surface area contributed by atoms with Crippen LogP contribution in [0.25, 0.3) is 11.1 Å². The molecule has 1 aliphatic heterocycles. The SMILES string of the molecule is Cn1cc(-c2ccccc2)c(NC(=O)NCC2CCN(c3ccccc3)C2)n1. The lowest BCUT2D eigenvalue weighted by molar-refractivity contribution is 0.250. The third-order valence-electron chi connectivity index (χ3n) is 5.10. The largest absolute Gasteiger partial charge is 0.371 e. The Bertz CT molecular complexity index is 923. The Morgan fingerprint density at radius 3 is 2.57 bits per heavy atom. The summed E-state index contributed by atoms with van der Waals surface area (Å²) < 4.78 is 1.71. The second-order valence-electron chi connectivity index (χ2n) is 7.20. The summed E-state index contributed by atoms with van der Waals surface area (Å²) in [7, 11) is 1.85. The number of amides is 2. The normalized spacial score (nSPS) is 16.2. The molecule has 144 valence electrons. The van der Waals surface area contributed by atoms with Gasteiger partial charge in [0.05, 0.1) is 0 Å². The maximum Gasteiger partial charge on any atom is 0.320 e. The molecule has 1 atom stereocenters.